The number of nitrogens with one attached hydrogen (secondary N) is 2. The van der Waals surface area contributed by atoms with Crippen LogP contribution in [0.3, 0.4) is 0 Å². The number of hydrogen-bond acceptors (Lipinski definition) is 4. The van der Waals surface area contributed by atoms with E-state index in [1.165, 1.54) is 10.5 Å². The van der Waals surface area contributed by atoms with E-state index in [0.29, 0.717) is 28.4 Å². The zero-order valence-corrected chi connectivity index (χ0v) is 23.1. The van der Waals surface area contributed by atoms with Crippen molar-refractivity contribution in [2.45, 2.75) is 19.9 Å². The lowest BCUT2D eigenvalue weighted by Crippen LogP contribution is -3.13. The Bertz CT molecular complexity index is 1430. The number of halogens is 2. The molecule has 3 amide bonds. The summed E-state index contributed by atoms with van der Waals surface area (Å²) in [4.78, 5) is 43.3. The van der Waals surface area contributed by atoms with Gasteiger partial charge in [-0.2, -0.15) is 0 Å². The minimum atomic E-state index is -0.609. The van der Waals surface area contributed by atoms with Gasteiger partial charge in [0.2, 0.25) is 5.91 Å². The quantitative estimate of drug-likeness (QED) is 0.431. The SMILES string of the molecule is Cc1c(Cl)cccc1N1C(=O)C(Cl)=C(Nc2ccc(CC(=O)N3CC[NH+](Cc4ccccc4)CC3)cc2)C1=O. The van der Waals surface area contributed by atoms with Crippen LogP contribution >= 0.6 is 23.2 Å². The molecule has 0 aliphatic carbocycles. The molecule has 0 unspecified atom stereocenters. The second kappa shape index (κ2) is 11.6. The molecule has 3 aromatic carbocycles. The number of amides is 3. The molecule has 2 N–H and O–H groups in total. The van der Waals surface area contributed by atoms with E-state index in [1.807, 2.05) is 23.1 Å². The van der Waals surface area contributed by atoms with Crippen molar-refractivity contribution < 1.29 is 19.3 Å². The number of piperazine rings is 1. The van der Waals surface area contributed by atoms with Gasteiger partial charge < -0.3 is 15.1 Å². The first-order valence-electron chi connectivity index (χ1n) is 12.9. The lowest BCUT2D eigenvalue weighted by molar-refractivity contribution is -0.917. The van der Waals surface area contributed by atoms with Gasteiger partial charge in [-0.3, -0.25) is 14.4 Å². The Kier molecular flexibility index (Phi) is 8.02. The topological polar surface area (TPSA) is 74.2 Å². The zero-order chi connectivity index (χ0) is 27.5. The van der Waals surface area contributed by atoms with E-state index in [-0.39, 0.29) is 16.6 Å². The van der Waals surface area contributed by atoms with Gasteiger partial charge in [0.25, 0.3) is 11.8 Å². The van der Waals surface area contributed by atoms with Crippen LogP contribution in [0.2, 0.25) is 5.02 Å². The Balaban J connectivity index is 1.17. The number of hydrogen-bond donors (Lipinski definition) is 2. The number of carbonyl (C=O) groups is 3. The fourth-order valence-electron chi connectivity index (χ4n) is 4.94. The highest BCUT2D eigenvalue weighted by Gasteiger charge is 2.39. The van der Waals surface area contributed by atoms with Crippen LogP contribution in [0.1, 0.15) is 16.7 Å². The molecule has 0 radical (unpaired) electrons. The molecule has 5 rings (SSSR count). The van der Waals surface area contributed by atoms with Crippen molar-refractivity contribution in [3.8, 4) is 0 Å². The summed E-state index contributed by atoms with van der Waals surface area (Å²) in [7, 11) is 0. The molecule has 3 aromatic rings. The minimum absolute atomic E-state index is 0.000687. The largest absolute Gasteiger partial charge is 0.350 e. The summed E-state index contributed by atoms with van der Waals surface area (Å²) in [6.07, 6.45) is 0.303. The molecule has 1 fully saturated rings. The number of anilines is 2. The van der Waals surface area contributed by atoms with E-state index < -0.39 is 11.8 Å². The first-order valence-corrected chi connectivity index (χ1v) is 13.6. The third kappa shape index (κ3) is 5.86. The first kappa shape index (κ1) is 26.9. The van der Waals surface area contributed by atoms with Crippen molar-refractivity contribution in [1.29, 1.82) is 0 Å². The summed E-state index contributed by atoms with van der Waals surface area (Å²) in [5.74, 6) is -1.06. The number of benzene rings is 3. The normalized spacial score (nSPS) is 16.3. The van der Waals surface area contributed by atoms with Gasteiger partial charge in [0, 0.05) is 16.3 Å². The van der Waals surface area contributed by atoms with Gasteiger partial charge >= 0.3 is 0 Å². The van der Waals surface area contributed by atoms with Crippen LogP contribution in [0.15, 0.2) is 83.5 Å². The van der Waals surface area contributed by atoms with Crippen LogP contribution in [0.5, 0.6) is 0 Å². The van der Waals surface area contributed by atoms with Crippen LogP contribution < -0.4 is 15.1 Å². The first-order chi connectivity index (χ1) is 18.8. The van der Waals surface area contributed by atoms with Crippen LogP contribution in [0.25, 0.3) is 0 Å². The number of nitrogens with zero attached hydrogens (tertiary/aromatic N) is 2. The van der Waals surface area contributed by atoms with Crippen molar-refractivity contribution in [2.75, 3.05) is 36.4 Å². The number of quaternary nitrogens is 1. The molecule has 0 aromatic heterocycles. The highest BCUT2D eigenvalue weighted by atomic mass is 35.5. The van der Waals surface area contributed by atoms with Crippen LogP contribution in [0, 0.1) is 6.92 Å². The van der Waals surface area contributed by atoms with E-state index in [4.69, 9.17) is 23.2 Å². The Morgan fingerprint density at radius 3 is 2.26 bits per heavy atom. The molecule has 7 nitrogen and oxygen atoms in total. The molecule has 0 bridgehead atoms. The molecule has 2 aliphatic rings. The average molecular weight is 564 g/mol. The van der Waals surface area contributed by atoms with Crippen LogP contribution in [0.4, 0.5) is 11.4 Å². The number of imide groups is 1. The van der Waals surface area contributed by atoms with Gasteiger partial charge in [0.05, 0.1) is 38.3 Å². The highest BCUT2D eigenvalue weighted by Crippen LogP contribution is 2.34. The third-order valence-corrected chi connectivity index (χ3v) is 7.97. The van der Waals surface area contributed by atoms with Crippen molar-refractivity contribution in [1.82, 2.24) is 4.90 Å². The van der Waals surface area contributed by atoms with E-state index in [2.05, 4.69) is 29.6 Å². The molecule has 0 atom stereocenters. The smallest absolute Gasteiger partial charge is 0.283 e. The van der Waals surface area contributed by atoms with E-state index >= 15 is 0 Å². The summed E-state index contributed by atoms with van der Waals surface area (Å²) in [5.41, 5.74) is 3.77. The molecule has 0 spiro atoms. The van der Waals surface area contributed by atoms with E-state index in [0.717, 1.165) is 43.2 Å². The van der Waals surface area contributed by atoms with Crippen LogP contribution in [-0.4, -0.2) is 48.8 Å². The Morgan fingerprint density at radius 2 is 1.56 bits per heavy atom. The molecular formula is C30H29Cl2N4O3+. The second-order valence-corrected chi connectivity index (χ2v) is 10.6. The summed E-state index contributed by atoms with van der Waals surface area (Å²) in [6, 6.07) is 22.7. The molecule has 200 valence electrons. The Hall–Kier alpha value is -3.65. The third-order valence-electron chi connectivity index (χ3n) is 7.21. The van der Waals surface area contributed by atoms with Crippen molar-refractivity contribution in [3.63, 3.8) is 0 Å². The minimum Gasteiger partial charge on any atom is -0.350 e. The maximum Gasteiger partial charge on any atom is 0.283 e. The van der Waals surface area contributed by atoms with Gasteiger partial charge in [0.1, 0.15) is 17.3 Å². The van der Waals surface area contributed by atoms with Crippen molar-refractivity contribution in [3.05, 3.63) is 105 Å². The fraction of sp³-hybridized carbons (Fsp3) is 0.233. The van der Waals surface area contributed by atoms with E-state index in [9.17, 15) is 14.4 Å². The molecule has 2 aliphatic heterocycles. The predicted molar refractivity (Wildman–Crippen MR) is 153 cm³/mol. The van der Waals surface area contributed by atoms with Gasteiger partial charge in [-0.25, -0.2) is 4.90 Å². The Morgan fingerprint density at radius 1 is 0.872 bits per heavy atom. The lowest BCUT2D eigenvalue weighted by Gasteiger charge is -2.32. The van der Waals surface area contributed by atoms with Crippen molar-refractivity contribution in [2.24, 2.45) is 0 Å². The summed E-state index contributed by atoms with van der Waals surface area (Å²) in [5, 5.41) is 3.24. The van der Waals surface area contributed by atoms with Gasteiger partial charge in [-0.15, -0.1) is 0 Å². The lowest BCUT2D eigenvalue weighted by atomic mass is 10.1. The zero-order valence-electron chi connectivity index (χ0n) is 21.5. The molecule has 9 heteroatoms. The van der Waals surface area contributed by atoms with Crippen LogP contribution in [-0.2, 0) is 27.3 Å². The Labute approximate surface area is 237 Å². The average Bonchev–Trinajstić information content (AvgIpc) is 3.15. The maximum atomic E-state index is 13.1. The summed E-state index contributed by atoms with van der Waals surface area (Å²) < 4.78 is 0. The molecule has 1 saturated heterocycles. The second-order valence-electron chi connectivity index (χ2n) is 9.81. The molecular weight excluding hydrogens is 535 g/mol. The molecule has 39 heavy (non-hydrogen) atoms. The predicted octanol–water partition coefficient (Wildman–Crippen LogP) is 3.55. The summed E-state index contributed by atoms with van der Waals surface area (Å²) >= 11 is 12.5. The molecule has 0 saturated carbocycles. The fourth-order valence-corrected chi connectivity index (χ4v) is 5.32. The number of rotatable bonds is 7. The van der Waals surface area contributed by atoms with Crippen molar-refractivity contribution >= 4 is 52.3 Å². The van der Waals surface area contributed by atoms with Gasteiger partial charge in [0.15, 0.2) is 0 Å². The van der Waals surface area contributed by atoms with Gasteiger partial charge in [-0.1, -0.05) is 71.7 Å². The monoisotopic (exact) mass is 563 g/mol. The standard InChI is InChI=1S/C30H28Cl2N4O3/c1-20-24(31)8-5-9-25(20)36-29(38)27(32)28(30(36)39)33-23-12-10-21(11-13-23)18-26(37)35-16-14-34(15-17-35)19-22-6-3-2-4-7-22/h2-13,33H,14-19H2,1H3/p+1. The van der Waals surface area contributed by atoms with E-state index in [1.54, 1.807) is 37.3 Å². The molecule has 2 heterocycles. The number of carbonyl (C=O) groups excluding carboxylic acids is 3. The highest BCUT2D eigenvalue weighted by molar-refractivity contribution is 6.53. The maximum absolute atomic E-state index is 13.1. The summed E-state index contributed by atoms with van der Waals surface area (Å²) in [6.45, 7) is 6.06. The van der Waals surface area contributed by atoms with Gasteiger partial charge in [-0.05, 0) is 42.3 Å².